The van der Waals surface area contributed by atoms with Crippen LogP contribution in [-0.2, 0) is 32.0 Å². The smallest absolute Gasteiger partial charge is 0.407 e. The van der Waals surface area contributed by atoms with Crippen molar-refractivity contribution in [2.45, 2.75) is 58.2 Å². The third kappa shape index (κ3) is 7.73. The summed E-state index contributed by atoms with van der Waals surface area (Å²) in [7, 11) is 0. The van der Waals surface area contributed by atoms with Gasteiger partial charge in [-0.2, -0.15) is 0 Å². The lowest BCUT2D eigenvalue weighted by Crippen LogP contribution is -2.54. The zero-order valence-corrected chi connectivity index (χ0v) is 24.5. The summed E-state index contributed by atoms with van der Waals surface area (Å²) >= 11 is 0. The molecule has 1 aromatic carbocycles. The van der Waals surface area contributed by atoms with Gasteiger partial charge in [-0.05, 0) is 45.4 Å². The van der Waals surface area contributed by atoms with Gasteiger partial charge in [0, 0.05) is 37.2 Å². The number of anilines is 1. The maximum Gasteiger partial charge on any atom is 0.407 e. The first kappa shape index (κ1) is 31.6. The first-order valence-electron chi connectivity index (χ1n) is 14.1. The number of nitrogens with one attached hydrogen (secondary N) is 2. The van der Waals surface area contributed by atoms with Gasteiger partial charge in [0.05, 0.1) is 56.0 Å². The Morgan fingerprint density at radius 2 is 1.81 bits per heavy atom. The van der Waals surface area contributed by atoms with Crippen LogP contribution in [0.5, 0.6) is 0 Å². The molecule has 0 saturated carbocycles. The quantitative estimate of drug-likeness (QED) is 0.209. The van der Waals surface area contributed by atoms with Gasteiger partial charge in [-0.1, -0.05) is 5.21 Å². The molecule has 15 heteroatoms. The van der Waals surface area contributed by atoms with E-state index in [1.165, 1.54) is 4.90 Å². The standard InChI is InChI=1S/C28H37N7O8/c1-28(2,3)33(27(40)41)10-12-42-14-15-43-13-11-34-19(17-30-32-34)8-9-29-18-4-5-20-21(16-18)26(39)35(25(20)38)22-6-7-23(36)31-24(22)37/h4-5,16-17,22,29H,6-15H2,1-3H3,(H,40,41)(H,31,36,37). The van der Waals surface area contributed by atoms with Crippen molar-refractivity contribution in [3.8, 4) is 0 Å². The Kier molecular flexibility index (Phi) is 10.1. The summed E-state index contributed by atoms with van der Waals surface area (Å²) in [6.07, 6.45) is 1.43. The van der Waals surface area contributed by atoms with Crippen LogP contribution < -0.4 is 10.6 Å². The molecule has 232 valence electrons. The van der Waals surface area contributed by atoms with Crippen LogP contribution in [0.25, 0.3) is 0 Å². The number of imide groups is 2. The molecule has 0 bridgehead atoms. The molecule has 4 rings (SSSR count). The van der Waals surface area contributed by atoms with Gasteiger partial charge >= 0.3 is 6.09 Å². The van der Waals surface area contributed by atoms with E-state index in [-0.39, 0.29) is 37.1 Å². The van der Waals surface area contributed by atoms with Crippen LogP contribution in [0, 0.1) is 0 Å². The molecule has 5 amide bonds. The average Bonchev–Trinajstić information content (AvgIpc) is 3.48. The molecule has 0 spiro atoms. The van der Waals surface area contributed by atoms with E-state index in [0.29, 0.717) is 45.0 Å². The lowest BCUT2D eigenvalue weighted by atomic mass is 10.0. The lowest BCUT2D eigenvalue weighted by molar-refractivity contribution is -0.136. The molecule has 0 aliphatic carbocycles. The molecule has 2 aromatic rings. The van der Waals surface area contributed by atoms with Crippen molar-refractivity contribution in [2.75, 3.05) is 44.8 Å². The number of piperidine rings is 1. The summed E-state index contributed by atoms with van der Waals surface area (Å²) in [5, 5.41) is 22.8. The topological polar surface area (TPSA) is 185 Å². The van der Waals surface area contributed by atoms with Crippen LogP contribution in [0.3, 0.4) is 0 Å². The van der Waals surface area contributed by atoms with Crippen molar-refractivity contribution >= 4 is 35.4 Å². The van der Waals surface area contributed by atoms with E-state index in [1.807, 2.05) is 20.8 Å². The second-order valence-corrected chi connectivity index (χ2v) is 11.2. The highest BCUT2D eigenvalue weighted by Crippen LogP contribution is 2.29. The predicted octanol–water partition coefficient (Wildman–Crippen LogP) is 1.15. The number of nitrogens with zero attached hydrogens (tertiary/aromatic N) is 5. The fourth-order valence-electron chi connectivity index (χ4n) is 4.92. The normalized spacial score (nSPS) is 16.8. The molecule has 2 aliphatic heterocycles. The van der Waals surface area contributed by atoms with Gasteiger partial charge in [-0.15, -0.1) is 5.10 Å². The molecule has 1 fully saturated rings. The zero-order chi connectivity index (χ0) is 31.1. The van der Waals surface area contributed by atoms with Crippen LogP contribution >= 0.6 is 0 Å². The fraction of sp³-hybridized carbons (Fsp3) is 0.536. The number of hydrogen-bond acceptors (Lipinski definition) is 10. The van der Waals surface area contributed by atoms with Crippen molar-refractivity contribution in [1.29, 1.82) is 0 Å². The molecule has 1 atom stereocenters. The molecule has 3 N–H and O–H groups in total. The lowest BCUT2D eigenvalue weighted by Gasteiger charge is -2.32. The minimum Gasteiger partial charge on any atom is -0.465 e. The van der Waals surface area contributed by atoms with Crippen molar-refractivity contribution < 1.29 is 38.6 Å². The Balaban J connectivity index is 1.18. The van der Waals surface area contributed by atoms with E-state index < -0.39 is 41.3 Å². The van der Waals surface area contributed by atoms with E-state index in [9.17, 15) is 29.1 Å². The highest BCUT2D eigenvalue weighted by atomic mass is 16.5. The Hall–Kier alpha value is -4.37. The van der Waals surface area contributed by atoms with Crippen molar-refractivity contribution in [1.82, 2.24) is 30.1 Å². The molecule has 2 aliphatic rings. The molecule has 0 radical (unpaired) electrons. The number of hydrogen-bond donors (Lipinski definition) is 3. The molecule has 1 unspecified atom stereocenters. The molecule has 1 aromatic heterocycles. The number of aromatic nitrogens is 3. The summed E-state index contributed by atoms with van der Waals surface area (Å²) < 4.78 is 12.9. The van der Waals surface area contributed by atoms with E-state index >= 15 is 0 Å². The molecular formula is C28H37N7O8. The first-order valence-corrected chi connectivity index (χ1v) is 14.1. The zero-order valence-electron chi connectivity index (χ0n) is 24.5. The van der Waals surface area contributed by atoms with Gasteiger partial charge in [0.2, 0.25) is 11.8 Å². The van der Waals surface area contributed by atoms with Crippen LogP contribution in [0.1, 0.15) is 60.0 Å². The van der Waals surface area contributed by atoms with Gasteiger partial charge in [-0.3, -0.25) is 29.4 Å². The minimum absolute atomic E-state index is 0.0651. The van der Waals surface area contributed by atoms with Crippen molar-refractivity contribution in [2.24, 2.45) is 0 Å². The summed E-state index contributed by atoms with van der Waals surface area (Å²) in [6.45, 7) is 8.11. The molecule has 3 heterocycles. The van der Waals surface area contributed by atoms with Gasteiger partial charge in [0.15, 0.2) is 0 Å². The van der Waals surface area contributed by atoms with Gasteiger partial charge in [0.25, 0.3) is 11.8 Å². The van der Waals surface area contributed by atoms with E-state index in [0.717, 1.165) is 10.6 Å². The monoisotopic (exact) mass is 599 g/mol. The number of carboxylic acid groups (broad SMARTS) is 1. The van der Waals surface area contributed by atoms with Crippen LogP contribution in [0.15, 0.2) is 24.4 Å². The van der Waals surface area contributed by atoms with Gasteiger partial charge in [-0.25, -0.2) is 9.48 Å². The van der Waals surface area contributed by atoms with E-state index in [1.54, 1.807) is 29.1 Å². The number of carbonyl (C=O) groups is 5. The number of fused-ring (bicyclic) bond motifs is 1. The third-order valence-electron chi connectivity index (χ3n) is 7.17. The molecular weight excluding hydrogens is 562 g/mol. The van der Waals surface area contributed by atoms with Crippen molar-refractivity contribution in [3.05, 3.63) is 41.2 Å². The summed E-state index contributed by atoms with van der Waals surface area (Å²) in [4.78, 5) is 63.2. The van der Waals surface area contributed by atoms with Crippen LogP contribution in [0.4, 0.5) is 10.5 Å². The largest absolute Gasteiger partial charge is 0.465 e. The Morgan fingerprint density at radius 3 is 2.51 bits per heavy atom. The Bertz CT molecular complexity index is 1370. The SMILES string of the molecule is CC(C)(C)N(CCOCCOCCn1nncc1CCNc1ccc2c(c1)C(=O)N(C1CCC(=O)NC1=O)C2=O)C(=O)O. The Morgan fingerprint density at radius 1 is 1.09 bits per heavy atom. The highest BCUT2D eigenvalue weighted by molar-refractivity contribution is 6.23. The second kappa shape index (κ2) is 13.7. The van der Waals surface area contributed by atoms with Gasteiger partial charge < -0.3 is 24.8 Å². The number of carbonyl (C=O) groups excluding carboxylic acids is 4. The van der Waals surface area contributed by atoms with Gasteiger partial charge in [0.1, 0.15) is 6.04 Å². The predicted molar refractivity (Wildman–Crippen MR) is 151 cm³/mol. The molecule has 43 heavy (non-hydrogen) atoms. The maximum atomic E-state index is 13.0. The average molecular weight is 600 g/mol. The minimum atomic E-state index is -1.01. The Labute approximate surface area is 248 Å². The van der Waals surface area contributed by atoms with Crippen LogP contribution in [-0.4, -0.2) is 111 Å². The highest BCUT2D eigenvalue weighted by Gasteiger charge is 2.44. The summed E-state index contributed by atoms with van der Waals surface area (Å²) in [6, 6.07) is 3.85. The first-order chi connectivity index (χ1) is 20.5. The second-order valence-electron chi connectivity index (χ2n) is 11.2. The molecule has 1 saturated heterocycles. The van der Waals surface area contributed by atoms with Crippen molar-refractivity contribution in [3.63, 3.8) is 0 Å². The fourth-order valence-corrected chi connectivity index (χ4v) is 4.92. The number of rotatable bonds is 14. The number of benzene rings is 1. The van der Waals surface area contributed by atoms with E-state index in [4.69, 9.17) is 9.47 Å². The molecule has 15 nitrogen and oxygen atoms in total. The maximum absolute atomic E-state index is 13.0. The summed E-state index contributed by atoms with van der Waals surface area (Å²) in [5.41, 5.74) is 1.45. The number of amides is 5. The third-order valence-corrected chi connectivity index (χ3v) is 7.17. The summed E-state index contributed by atoms with van der Waals surface area (Å²) in [5.74, 6) is -2.17. The number of ether oxygens (including phenoxy) is 2. The van der Waals surface area contributed by atoms with Crippen LogP contribution in [0.2, 0.25) is 0 Å². The van der Waals surface area contributed by atoms with E-state index in [2.05, 4.69) is 20.9 Å².